The number of carbonyl (C=O) groups is 1. The molecule has 0 aliphatic heterocycles. The lowest BCUT2D eigenvalue weighted by atomic mass is 10.1. The van der Waals surface area contributed by atoms with Gasteiger partial charge in [0.1, 0.15) is 0 Å². The Hall–Kier alpha value is -2.70. The zero-order chi connectivity index (χ0) is 15.4. The Balaban J connectivity index is 2.29. The number of hydrogen-bond acceptors (Lipinski definition) is 5. The smallest absolute Gasteiger partial charge is 0.303 e. The summed E-state index contributed by atoms with van der Waals surface area (Å²) in [7, 11) is 0. The van der Waals surface area contributed by atoms with Gasteiger partial charge in [-0.05, 0) is 25.5 Å². The van der Waals surface area contributed by atoms with Gasteiger partial charge >= 0.3 is 5.97 Å². The molecule has 1 aromatic carbocycles. The number of fused-ring (bicyclic) bond motifs is 1. The number of carboxylic acids is 1. The van der Waals surface area contributed by atoms with Gasteiger partial charge in [-0.15, -0.1) is 0 Å². The molecule has 0 saturated carbocycles. The summed E-state index contributed by atoms with van der Waals surface area (Å²) in [5.41, 5.74) is 2.19. The van der Waals surface area contributed by atoms with E-state index in [0.29, 0.717) is 23.9 Å². The summed E-state index contributed by atoms with van der Waals surface area (Å²) in [6, 6.07) is 6.31. The van der Waals surface area contributed by atoms with Crippen LogP contribution in [0.15, 0.2) is 24.3 Å². The van der Waals surface area contributed by atoms with Gasteiger partial charge < -0.3 is 10.4 Å². The molecular weight excluding hydrogens is 274 g/mol. The van der Waals surface area contributed by atoms with E-state index in [4.69, 9.17) is 5.11 Å². The summed E-state index contributed by atoms with van der Waals surface area (Å²) in [5, 5.41) is 23.3. The maximum atomic E-state index is 10.9. The second-order valence-corrected chi connectivity index (χ2v) is 4.69. The van der Waals surface area contributed by atoms with Gasteiger partial charge in [0.05, 0.1) is 10.4 Å². The Morgan fingerprint density at radius 2 is 2.19 bits per heavy atom. The quantitative estimate of drug-likeness (QED) is 0.481. The molecule has 110 valence electrons. The normalized spacial score (nSPS) is 10.5. The van der Waals surface area contributed by atoms with Crippen molar-refractivity contribution in [2.75, 3.05) is 11.9 Å². The van der Waals surface area contributed by atoms with Crippen LogP contribution in [0.1, 0.15) is 18.5 Å². The number of nitro groups is 1. The number of rotatable bonds is 6. The van der Waals surface area contributed by atoms with Gasteiger partial charge in [-0.25, -0.2) is 0 Å². The largest absolute Gasteiger partial charge is 0.481 e. The zero-order valence-electron chi connectivity index (χ0n) is 11.5. The van der Waals surface area contributed by atoms with Crippen molar-refractivity contribution < 1.29 is 14.8 Å². The first-order valence-corrected chi connectivity index (χ1v) is 6.49. The molecule has 7 nitrogen and oxygen atoms in total. The minimum atomic E-state index is -0.844. The lowest BCUT2D eigenvalue weighted by Gasteiger charge is -2.10. The molecule has 0 radical (unpaired) electrons. The van der Waals surface area contributed by atoms with E-state index < -0.39 is 10.9 Å². The molecule has 1 aromatic heterocycles. The van der Waals surface area contributed by atoms with Crippen LogP contribution in [0.2, 0.25) is 0 Å². The number of carboxylic acid groups (broad SMARTS) is 1. The minimum absolute atomic E-state index is 0.00161. The SMILES string of the molecule is Cc1cc(NCCCC(=O)O)c2cc([N+](=O)[O-])ccc2n1. The maximum absolute atomic E-state index is 10.9. The average Bonchev–Trinajstić information content (AvgIpc) is 2.42. The van der Waals surface area contributed by atoms with Crippen LogP contribution in [0, 0.1) is 17.0 Å². The molecule has 0 unspecified atom stereocenters. The molecule has 2 rings (SSSR count). The highest BCUT2D eigenvalue weighted by Crippen LogP contribution is 2.27. The number of benzene rings is 1. The minimum Gasteiger partial charge on any atom is -0.481 e. The first-order valence-electron chi connectivity index (χ1n) is 6.49. The summed E-state index contributed by atoms with van der Waals surface area (Å²) < 4.78 is 0. The molecule has 21 heavy (non-hydrogen) atoms. The Kier molecular flexibility index (Phi) is 4.32. The van der Waals surface area contributed by atoms with Crippen molar-refractivity contribution in [3.8, 4) is 0 Å². The summed E-state index contributed by atoms with van der Waals surface area (Å²) in [6.45, 7) is 2.32. The highest BCUT2D eigenvalue weighted by Gasteiger charge is 2.10. The number of nitro benzene ring substituents is 1. The molecule has 0 fully saturated rings. The van der Waals surface area contributed by atoms with Crippen molar-refractivity contribution in [1.29, 1.82) is 0 Å². The molecule has 0 saturated heterocycles. The molecule has 1 heterocycles. The molecule has 7 heteroatoms. The molecular formula is C14H15N3O4. The fourth-order valence-corrected chi connectivity index (χ4v) is 2.07. The van der Waals surface area contributed by atoms with E-state index in [9.17, 15) is 14.9 Å². The third-order valence-electron chi connectivity index (χ3n) is 3.01. The number of nitrogens with zero attached hydrogens (tertiary/aromatic N) is 2. The lowest BCUT2D eigenvalue weighted by Crippen LogP contribution is -2.06. The van der Waals surface area contributed by atoms with Crippen LogP contribution in [0.3, 0.4) is 0 Å². The van der Waals surface area contributed by atoms with Gasteiger partial charge in [0.2, 0.25) is 0 Å². The molecule has 0 atom stereocenters. The number of nitrogens with one attached hydrogen (secondary N) is 1. The highest BCUT2D eigenvalue weighted by molar-refractivity contribution is 5.93. The van der Waals surface area contributed by atoms with Crippen molar-refractivity contribution in [3.63, 3.8) is 0 Å². The van der Waals surface area contributed by atoms with Crippen LogP contribution < -0.4 is 5.32 Å². The molecule has 0 spiro atoms. The van der Waals surface area contributed by atoms with Crippen molar-refractivity contribution in [3.05, 3.63) is 40.1 Å². The van der Waals surface area contributed by atoms with E-state index in [1.54, 1.807) is 12.1 Å². The van der Waals surface area contributed by atoms with Crippen LogP contribution in [0.5, 0.6) is 0 Å². The van der Waals surface area contributed by atoms with Gasteiger partial charge in [0, 0.05) is 41.9 Å². The van der Waals surface area contributed by atoms with Gasteiger partial charge in [0.15, 0.2) is 0 Å². The van der Waals surface area contributed by atoms with Crippen molar-refractivity contribution in [1.82, 2.24) is 4.98 Å². The number of pyridine rings is 1. The fourth-order valence-electron chi connectivity index (χ4n) is 2.07. The fraction of sp³-hybridized carbons (Fsp3) is 0.286. The second kappa shape index (κ2) is 6.17. The first-order chi connectivity index (χ1) is 9.97. The van der Waals surface area contributed by atoms with Crippen LogP contribution in [0.25, 0.3) is 10.9 Å². The molecule has 0 aliphatic rings. The van der Waals surface area contributed by atoms with Gasteiger partial charge in [-0.1, -0.05) is 0 Å². The van der Waals surface area contributed by atoms with Gasteiger partial charge in [-0.2, -0.15) is 0 Å². The Bertz CT molecular complexity index is 700. The Labute approximate surface area is 120 Å². The summed E-state index contributed by atoms with van der Waals surface area (Å²) >= 11 is 0. The third kappa shape index (κ3) is 3.65. The lowest BCUT2D eigenvalue weighted by molar-refractivity contribution is -0.384. The summed E-state index contributed by atoms with van der Waals surface area (Å²) in [4.78, 5) is 25.2. The van der Waals surface area contributed by atoms with Gasteiger partial charge in [-0.3, -0.25) is 19.9 Å². The van der Waals surface area contributed by atoms with Crippen LogP contribution in [0.4, 0.5) is 11.4 Å². The number of aromatic nitrogens is 1. The van der Waals surface area contributed by atoms with Gasteiger partial charge in [0.25, 0.3) is 5.69 Å². The molecule has 2 aromatic rings. The monoisotopic (exact) mass is 289 g/mol. The predicted octanol–water partition coefficient (Wildman–Crippen LogP) is 2.73. The van der Waals surface area contributed by atoms with Crippen LogP contribution in [-0.2, 0) is 4.79 Å². The Morgan fingerprint density at radius 1 is 1.43 bits per heavy atom. The topological polar surface area (TPSA) is 105 Å². The first kappa shape index (κ1) is 14.7. The van der Waals surface area contributed by atoms with Crippen LogP contribution in [-0.4, -0.2) is 27.5 Å². The number of aryl methyl sites for hydroxylation is 1. The maximum Gasteiger partial charge on any atom is 0.303 e. The molecule has 0 amide bonds. The van der Waals surface area contributed by atoms with Crippen LogP contribution >= 0.6 is 0 Å². The van der Waals surface area contributed by atoms with E-state index in [-0.39, 0.29) is 12.1 Å². The number of anilines is 1. The van der Waals surface area contributed by atoms with E-state index >= 15 is 0 Å². The predicted molar refractivity (Wildman–Crippen MR) is 78.5 cm³/mol. The van der Waals surface area contributed by atoms with E-state index in [1.165, 1.54) is 12.1 Å². The van der Waals surface area contributed by atoms with Crippen molar-refractivity contribution in [2.45, 2.75) is 19.8 Å². The van der Waals surface area contributed by atoms with E-state index in [0.717, 1.165) is 11.4 Å². The Morgan fingerprint density at radius 3 is 2.86 bits per heavy atom. The second-order valence-electron chi connectivity index (χ2n) is 4.69. The van der Waals surface area contributed by atoms with E-state index in [1.807, 2.05) is 6.92 Å². The molecule has 2 N–H and O–H groups in total. The third-order valence-corrected chi connectivity index (χ3v) is 3.01. The molecule has 0 bridgehead atoms. The highest BCUT2D eigenvalue weighted by atomic mass is 16.6. The summed E-state index contributed by atoms with van der Waals surface area (Å²) in [6.07, 6.45) is 0.558. The average molecular weight is 289 g/mol. The number of non-ortho nitro benzene ring substituents is 1. The number of hydrogen-bond donors (Lipinski definition) is 2. The number of aliphatic carboxylic acids is 1. The van der Waals surface area contributed by atoms with Crippen molar-refractivity contribution in [2.24, 2.45) is 0 Å². The summed E-state index contributed by atoms with van der Waals surface area (Å²) in [5.74, 6) is -0.844. The zero-order valence-corrected chi connectivity index (χ0v) is 11.5. The molecule has 0 aliphatic carbocycles. The van der Waals surface area contributed by atoms with Crippen molar-refractivity contribution >= 4 is 28.2 Å². The standard InChI is InChI=1S/C14H15N3O4/c1-9-7-13(15-6-2-3-14(18)19)11-8-10(17(20)21)4-5-12(11)16-9/h4-5,7-8H,2-3,6H2,1H3,(H,15,16)(H,18,19). The van der Waals surface area contributed by atoms with E-state index in [2.05, 4.69) is 10.3 Å².